The van der Waals surface area contributed by atoms with Gasteiger partial charge in [0, 0.05) is 9.75 Å². The number of aromatic nitrogens is 2. The minimum Gasteiger partial charge on any atom is -0.306 e. The van der Waals surface area contributed by atoms with Crippen LogP contribution in [0, 0.1) is 13.8 Å². The Bertz CT molecular complexity index is 808. The first-order valence-corrected chi connectivity index (χ1v) is 7.92. The third kappa shape index (κ3) is 2.66. The maximum Gasteiger partial charge on any atom is 0.323 e. The van der Waals surface area contributed by atoms with Gasteiger partial charge >= 0.3 is 5.69 Å². The van der Waals surface area contributed by atoms with Gasteiger partial charge in [-0.2, -0.15) is 0 Å². The zero-order chi connectivity index (χ0) is 15.0. The number of H-pyrrole nitrogens is 2. The highest BCUT2D eigenvalue weighted by Crippen LogP contribution is 2.31. The van der Waals surface area contributed by atoms with E-state index in [2.05, 4.69) is 48.2 Å². The van der Waals surface area contributed by atoms with Crippen molar-refractivity contribution in [1.29, 1.82) is 0 Å². The van der Waals surface area contributed by atoms with E-state index in [0.717, 1.165) is 17.6 Å². The number of thiophene rings is 1. The van der Waals surface area contributed by atoms with Crippen LogP contribution >= 0.6 is 11.3 Å². The Balaban J connectivity index is 2.07. The molecule has 110 valence electrons. The molecule has 0 aliphatic carbocycles. The van der Waals surface area contributed by atoms with Crippen molar-refractivity contribution in [3.8, 4) is 0 Å². The van der Waals surface area contributed by atoms with E-state index in [1.807, 2.05) is 23.5 Å². The molecule has 5 heteroatoms. The minimum absolute atomic E-state index is 0.162. The molecule has 1 aromatic carbocycles. The Morgan fingerprint density at radius 2 is 1.95 bits per heavy atom. The lowest BCUT2D eigenvalue weighted by Crippen LogP contribution is -2.21. The van der Waals surface area contributed by atoms with Crippen molar-refractivity contribution in [3.05, 3.63) is 55.6 Å². The molecule has 3 N–H and O–H groups in total. The first-order chi connectivity index (χ1) is 10.1. The van der Waals surface area contributed by atoms with Crippen LogP contribution in [0.15, 0.2) is 29.1 Å². The van der Waals surface area contributed by atoms with Gasteiger partial charge in [-0.25, -0.2) is 4.79 Å². The van der Waals surface area contributed by atoms with Crippen LogP contribution in [0.2, 0.25) is 0 Å². The van der Waals surface area contributed by atoms with Gasteiger partial charge in [0.1, 0.15) is 0 Å². The Kier molecular flexibility index (Phi) is 3.69. The summed E-state index contributed by atoms with van der Waals surface area (Å²) in [4.78, 5) is 19.7. The molecule has 0 saturated carbocycles. The SMILES string of the molecule is CCNC(c1ccc2[nH]c(=O)[nH]c2c1)c1cc(C)c(C)s1. The van der Waals surface area contributed by atoms with Gasteiger partial charge in [0.2, 0.25) is 0 Å². The van der Waals surface area contributed by atoms with Gasteiger partial charge in [-0.15, -0.1) is 11.3 Å². The topological polar surface area (TPSA) is 60.7 Å². The van der Waals surface area contributed by atoms with Gasteiger partial charge in [0.05, 0.1) is 17.1 Å². The fourth-order valence-corrected chi connectivity index (χ4v) is 3.71. The maximum atomic E-state index is 11.4. The van der Waals surface area contributed by atoms with Gasteiger partial charge in [-0.1, -0.05) is 13.0 Å². The first-order valence-electron chi connectivity index (χ1n) is 7.10. The molecule has 0 aliphatic heterocycles. The summed E-state index contributed by atoms with van der Waals surface area (Å²) in [6.07, 6.45) is 0. The Morgan fingerprint density at radius 3 is 2.62 bits per heavy atom. The highest BCUT2D eigenvalue weighted by Gasteiger charge is 2.17. The predicted octanol–water partition coefficient (Wildman–Crippen LogP) is 3.23. The number of nitrogens with one attached hydrogen (secondary N) is 3. The molecule has 0 bridgehead atoms. The van der Waals surface area contributed by atoms with Gasteiger partial charge in [-0.3, -0.25) is 0 Å². The molecule has 0 fully saturated rings. The van der Waals surface area contributed by atoms with E-state index in [1.165, 1.54) is 20.9 Å². The monoisotopic (exact) mass is 301 g/mol. The fourth-order valence-electron chi connectivity index (χ4n) is 2.56. The van der Waals surface area contributed by atoms with Crippen molar-refractivity contribution in [3.63, 3.8) is 0 Å². The van der Waals surface area contributed by atoms with E-state index in [9.17, 15) is 4.79 Å². The molecule has 0 amide bonds. The smallest absolute Gasteiger partial charge is 0.306 e. The number of benzene rings is 1. The lowest BCUT2D eigenvalue weighted by molar-refractivity contribution is 0.640. The summed E-state index contributed by atoms with van der Waals surface area (Å²) in [5.74, 6) is 0. The lowest BCUT2D eigenvalue weighted by atomic mass is 10.0. The van der Waals surface area contributed by atoms with Crippen LogP contribution in [-0.2, 0) is 0 Å². The molecule has 0 aliphatic rings. The van der Waals surface area contributed by atoms with Crippen molar-refractivity contribution in [2.75, 3.05) is 6.54 Å². The Morgan fingerprint density at radius 1 is 1.19 bits per heavy atom. The second-order valence-electron chi connectivity index (χ2n) is 5.26. The number of rotatable bonds is 4. The zero-order valence-electron chi connectivity index (χ0n) is 12.4. The summed E-state index contributed by atoms with van der Waals surface area (Å²) < 4.78 is 0. The Labute approximate surface area is 127 Å². The number of fused-ring (bicyclic) bond motifs is 1. The summed E-state index contributed by atoms with van der Waals surface area (Å²) in [5, 5.41) is 3.54. The van der Waals surface area contributed by atoms with Crippen LogP contribution in [0.4, 0.5) is 0 Å². The van der Waals surface area contributed by atoms with Crippen molar-refractivity contribution in [1.82, 2.24) is 15.3 Å². The van der Waals surface area contributed by atoms with Crippen LogP contribution < -0.4 is 11.0 Å². The summed E-state index contributed by atoms with van der Waals surface area (Å²) in [5.41, 5.74) is 4.03. The highest BCUT2D eigenvalue weighted by atomic mass is 32.1. The number of aryl methyl sites for hydroxylation is 2. The largest absolute Gasteiger partial charge is 0.323 e. The molecule has 2 aromatic heterocycles. The average Bonchev–Trinajstić information content (AvgIpc) is 2.97. The quantitative estimate of drug-likeness (QED) is 0.693. The van der Waals surface area contributed by atoms with Crippen LogP contribution in [0.3, 0.4) is 0 Å². The summed E-state index contributed by atoms with van der Waals surface area (Å²) >= 11 is 1.83. The fraction of sp³-hybridized carbons (Fsp3) is 0.312. The van der Waals surface area contributed by atoms with Crippen molar-refractivity contribution >= 4 is 22.4 Å². The second-order valence-corrected chi connectivity index (χ2v) is 6.55. The van der Waals surface area contributed by atoms with E-state index < -0.39 is 0 Å². The number of imidazole rings is 1. The predicted molar refractivity (Wildman–Crippen MR) is 88.2 cm³/mol. The summed E-state index contributed by atoms with van der Waals surface area (Å²) in [6, 6.07) is 8.49. The maximum absolute atomic E-state index is 11.4. The molecular weight excluding hydrogens is 282 g/mol. The van der Waals surface area contributed by atoms with Gasteiger partial charge < -0.3 is 15.3 Å². The second kappa shape index (κ2) is 5.50. The molecule has 21 heavy (non-hydrogen) atoms. The zero-order valence-corrected chi connectivity index (χ0v) is 13.2. The number of hydrogen-bond acceptors (Lipinski definition) is 3. The molecule has 4 nitrogen and oxygen atoms in total. The minimum atomic E-state index is -0.162. The van der Waals surface area contributed by atoms with E-state index in [0.29, 0.717) is 0 Å². The molecule has 0 spiro atoms. The first kappa shape index (κ1) is 14.1. The highest BCUT2D eigenvalue weighted by molar-refractivity contribution is 7.12. The third-order valence-corrected chi connectivity index (χ3v) is 4.97. The molecule has 0 radical (unpaired) electrons. The molecule has 1 atom stereocenters. The summed E-state index contributed by atoms with van der Waals surface area (Å²) in [7, 11) is 0. The molecule has 3 rings (SSSR count). The average molecular weight is 301 g/mol. The molecule has 1 unspecified atom stereocenters. The lowest BCUT2D eigenvalue weighted by Gasteiger charge is -2.17. The van der Waals surface area contributed by atoms with Crippen molar-refractivity contribution in [2.24, 2.45) is 0 Å². The van der Waals surface area contributed by atoms with Crippen LogP contribution in [0.1, 0.15) is 33.8 Å². The molecular formula is C16H19N3OS. The van der Waals surface area contributed by atoms with Gasteiger partial charge in [0.15, 0.2) is 0 Å². The van der Waals surface area contributed by atoms with Crippen molar-refractivity contribution in [2.45, 2.75) is 26.8 Å². The van der Waals surface area contributed by atoms with E-state index in [1.54, 1.807) is 0 Å². The van der Waals surface area contributed by atoms with E-state index >= 15 is 0 Å². The standard InChI is InChI=1S/C16H19N3OS/c1-4-17-15(14-7-9(2)10(3)21-14)11-5-6-12-13(8-11)19-16(20)18-12/h5-8,15,17H,4H2,1-3H3,(H2,18,19,20). The van der Waals surface area contributed by atoms with Crippen molar-refractivity contribution < 1.29 is 0 Å². The molecule has 2 heterocycles. The van der Waals surface area contributed by atoms with E-state index in [4.69, 9.17) is 0 Å². The van der Waals surface area contributed by atoms with Crippen LogP contribution in [0.5, 0.6) is 0 Å². The summed E-state index contributed by atoms with van der Waals surface area (Å²) in [6.45, 7) is 7.30. The number of aromatic amines is 2. The third-order valence-electron chi connectivity index (χ3n) is 3.75. The molecule has 3 aromatic rings. The normalized spacial score (nSPS) is 12.9. The number of hydrogen-bond donors (Lipinski definition) is 3. The van der Waals surface area contributed by atoms with Crippen LogP contribution in [-0.4, -0.2) is 16.5 Å². The Hall–Kier alpha value is -1.85. The molecule has 0 saturated heterocycles. The van der Waals surface area contributed by atoms with Crippen LogP contribution in [0.25, 0.3) is 11.0 Å². The van der Waals surface area contributed by atoms with Gasteiger partial charge in [-0.05, 0) is 49.7 Å². The van der Waals surface area contributed by atoms with E-state index in [-0.39, 0.29) is 11.7 Å². The van der Waals surface area contributed by atoms with Gasteiger partial charge in [0.25, 0.3) is 0 Å².